The summed E-state index contributed by atoms with van der Waals surface area (Å²) in [5.74, 6) is 0. The van der Waals surface area contributed by atoms with Crippen LogP contribution in [0.15, 0.2) is 66.7 Å². The number of carbonyl (C=O) groups is 1. The van der Waals surface area contributed by atoms with Gasteiger partial charge in [-0.25, -0.2) is 0 Å². The fourth-order valence-corrected chi connectivity index (χ4v) is 0.987. The highest BCUT2D eigenvalue weighted by Crippen LogP contribution is 2.01. The molecule has 11 N–H and O–H groups in total. The van der Waals surface area contributed by atoms with E-state index in [0.717, 1.165) is 5.69 Å². The summed E-state index contributed by atoms with van der Waals surface area (Å²) in [6.45, 7) is 4.25. The molecule has 0 aromatic heterocycles. The molecular weight excluding hydrogens is 302 g/mol. The lowest BCUT2D eigenvalue weighted by atomic mass is 10.3. The maximum atomic E-state index is 9.86. The number of rotatable bonds is 2. The molecule has 0 atom stereocenters. The predicted octanol–water partition coefficient (Wildman–Crippen LogP) is 0.234. The van der Waals surface area contributed by atoms with Crippen LogP contribution < -0.4 is 5.32 Å². The number of anilines is 1. The first kappa shape index (κ1) is 37.2. The van der Waals surface area contributed by atoms with E-state index in [1.165, 1.54) is 6.42 Å². The van der Waals surface area contributed by atoms with E-state index in [0.29, 0.717) is 6.41 Å². The molecule has 0 aliphatic heterocycles. The maximum Gasteiger partial charge on any atom is 0.211 e. The van der Waals surface area contributed by atoms with Crippen LogP contribution in [0.2, 0.25) is 0 Å². The molecule has 2 rings (SSSR count). The second-order valence-electron chi connectivity index (χ2n) is 3.49. The Morgan fingerprint density at radius 3 is 1.22 bits per heavy atom. The normalized spacial score (nSPS) is 6.17. The Labute approximate surface area is 137 Å². The lowest BCUT2D eigenvalue weighted by molar-refractivity contribution is -0.105. The van der Waals surface area contributed by atoms with Gasteiger partial charge in [0.05, 0.1) is 0 Å². The fraction of sp³-hybridized carbons (Fsp3) is 0.188. The Bertz CT molecular complexity index is 360. The third kappa shape index (κ3) is 28.6. The minimum atomic E-state index is 0. The largest absolute Gasteiger partial charge is 0.412 e. The monoisotopic (exact) mass is 333 g/mol. The summed E-state index contributed by atoms with van der Waals surface area (Å²) in [7, 11) is 0. The number of hydrogen-bond acceptors (Lipinski definition) is 1. The van der Waals surface area contributed by atoms with Gasteiger partial charge >= 0.3 is 0 Å². The first-order valence-electron chi connectivity index (χ1n) is 6.10. The van der Waals surface area contributed by atoms with Gasteiger partial charge in [0.1, 0.15) is 0 Å². The van der Waals surface area contributed by atoms with E-state index >= 15 is 0 Å². The zero-order valence-electron chi connectivity index (χ0n) is 13.5. The van der Waals surface area contributed by atoms with Crippen molar-refractivity contribution in [2.24, 2.45) is 0 Å². The van der Waals surface area contributed by atoms with E-state index < -0.39 is 0 Å². The first-order chi connectivity index (χ1) is 8.85. The van der Waals surface area contributed by atoms with Crippen LogP contribution in [-0.2, 0) is 4.79 Å². The molecule has 0 saturated carbocycles. The van der Waals surface area contributed by atoms with Crippen LogP contribution in [0.3, 0.4) is 0 Å². The summed E-state index contributed by atoms with van der Waals surface area (Å²) in [6, 6.07) is 21.3. The molecule has 2 aromatic rings. The Morgan fingerprint density at radius 1 is 0.696 bits per heavy atom. The molecule has 0 radical (unpaired) electrons. The van der Waals surface area contributed by atoms with Gasteiger partial charge in [-0.1, -0.05) is 74.9 Å². The van der Waals surface area contributed by atoms with Gasteiger partial charge < -0.3 is 32.7 Å². The summed E-state index contributed by atoms with van der Waals surface area (Å²) in [5, 5.41) is 2.53. The average Bonchev–Trinajstić information content (AvgIpc) is 2.44. The van der Waals surface area contributed by atoms with Crippen LogP contribution >= 0.6 is 0 Å². The molecule has 7 heteroatoms. The Morgan fingerprint density at radius 2 is 0.957 bits per heavy atom. The molecule has 0 aliphatic carbocycles. The summed E-state index contributed by atoms with van der Waals surface area (Å²) in [5.41, 5.74) is 0.826. The van der Waals surface area contributed by atoms with Gasteiger partial charge in [0.15, 0.2) is 0 Å². The molecule has 7 nitrogen and oxygen atoms in total. The average molecular weight is 333 g/mol. The van der Waals surface area contributed by atoms with Gasteiger partial charge in [0.25, 0.3) is 0 Å². The number of nitrogens with one attached hydrogen (secondary N) is 1. The highest BCUT2D eigenvalue weighted by Gasteiger charge is 1.81. The van der Waals surface area contributed by atoms with E-state index in [4.69, 9.17) is 0 Å². The van der Waals surface area contributed by atoms with Gasteiger partial charge in [-0.3, -0.25) is 4.79 Å². The van der Waals surface area contributed by atoms with Gasteiger partial charge in [-0.05, 0) is 12.1 Å². The van der Waals surface area contributed by atoms with Crippen molar-refractivity contribution < 1.29 is 32.2 Å². The molecule has 1 amide bonds. The smallest absolute Gasteiger partial charge is 0.211 e. The third-order valence-corrected chi connectivity index (χ3v) is 1.67. The van der Waals surface area contributed by atoms with Crippen molar-refractivity contribution in [3.05, 3.63) is 66.7 Å². The van der Waals surface area contributed by atoms with Crippen molar-refractivity contribution >= 4 is 12.1 Å². The molecule has 0 bridgehead atoms. The molecule has 0 fully saturated rings. The minimum Gasteiger partial charge on any atom is -0.412 e. The Hall–Kier alpha value is -2.29. The number of para-hydroxylation sites is 1. The van der Waals surface area contributed by atoms with Gasteiger partial charge in [0, 0.05) is 5.69 Å². The zero-order valence-corrected chi connectivity index (χ0v) is 13.5. The van der Waals surface area contributed by atoms with Crippen molar-refractivity contribution in [1.29, 1.82) is 0 Å². The number of amides is 1. The summed E-state index contributed by atoms with van der Waals surface area (Å²) in [6.07, 6.45) is 1.91. The molecule has 0 saturated heterocycles. The number of benzene rings is 2. The summed E-state index contributed by atoms with van der Waals surface area (Å²) >= 11 is 0. The van der Waals surface area contributed by atoms with Crippen molar-refractivity contribution in [2.75, 3.05) is 5.32 Å². The first-order valence-corrected chi connectivity index (χ1v) is 6.10. The maximum absolute atomic E-state index is 9.86. The van der Waals surface area contributed by atoms with Gasteiger partial charge in [-0.2, -0.15) is 0 Å². The van der Waals surface area contributed by atoms with Crippen molar-refractivity contribution in [3.63, 3.8) is 0 Å². The molecular formula is C16H31NO6. The SMILES string of the molecule is CCC.O.O.O.O.O.O=CNc1ccccc1.c1ccccc1. The zero-order chi connectivity index (χ0) is 13.5. The van der Waals surface area contributed by atoms with Crippen molar-refractivity contribution in [2.45, 2.75) is 20.3 Å². The highest BCUT2D eigenvalue weighted by atomic mass is 16.1. The van der Waals surface area contributed by atoms with Crippen LogP contribution in [0.5, 0.6) is 0 Å². The Kier molecular flexibility index (Phi) is 51.5. The number of carbonyl (C=O) groups excluding carboxylic acids is 1. The fourth-order valence-electron chi connectivity index (χ4n) is 0.987. The quantitative estimate of drug-likeness (QED) is 0.758. The third-order valence-electron chi connectivity index (χ3n) is 1.67. The van der Waals surface area contributed by atoms with E-state index in [1.807, 2.05) is 66.7 Å². The lowest BCUT2D eigenvalue weighted by Crippen LogP contribution is -1.91. The molecule has 136 valence electrons. The van der Waals surface area contributed by atoms with Crippen LogP contribution in [0.1, 0.15) is 20.3 Å². The predicted molar refractivity (Wildman–Crippen MR) is 96.6 cm³/mol. The molecule has 0 unspecified atom stereocenters. The van der Waals surface area contributed by atoms with E-state index in [1.54, 1.807) is 0 Å². The van der Waals surface area contributed by atoms with Crippen molar-refractivity contribution in [1.82, 2.24) is 0 Å². The van der Waals surface area contributed by atoms with Crippen LogP contribution in [0.25, 0.3) is 0 Å². The highest BCUT2D eigenvalue weighted by molar-refractivity contribution is 5.70. The molecule has 2 aromatic carbocycles. The van der Waals surface area contributed by atoms with E-state index in [9.17, 15) is 4.79 Å². The second kappa shape index (κ2) is 31.9. The van der Waals surface area contributed by atoms with Crippen LogP contribution in [0, 0.1) is 0 Å². The molecule has 0 heterocycles. The van der Waals surface area contributed by atoms with E-state index in [2.05, 4.69) is 19.2 Å². The molecule has 0 aliphatic rings. The second-order valence-corrected chi connectivity index (χ2v) is 3.49. The Balaban J connectivity index is -0.0000000466. The molecule has 23 heavy (non-hydrogen) atoms. The van der Waals surface area contributed by atoms with Crippen LogP contribution in [0.4, 0.5) is 5.69 Å². The van der Waals surface area contributed by atoms with Gasteiger partial charge in [0.2, 0.25) is 6.41 Å². The lowest BCUT2D eigenvalue weighted by Gasteiger charge is -1.93. The number of hydrogen-bond donors (Lipinski definition) is 1. The van der Waals surface area contributed by atoms with E-state index in [-0.39, 0.29) is 27.4 Å². The topological polar surface area (TPSA) is 187 Å². The van der Waals surface area contributed by atoms with Crippen molar-refractivity contribution in [3.8, 4) is 0 Å². The van der Waals surface area contributed by atoms with Crippen LogP contribution in [-0.4, -0.2) is 33.8 Å². The molecule has 0 spiro atoms. The minimum absolute atomic E-state index is 0. The standard InChI is InChI=1S/C7H7NO.C6H6.C3H8.5H2O/c9-6-8-7-4-2-1-3-5-7;1-2-4-6-5-3-1;1-3-2;;;;;/h1-6H,(H,8,9);1-6H;3H2,1-2H3;5*1H2. The van der Waals surface area contributed by atoms with Gasteiger partial charge in [-0.15, -0.1) is 0 Å². The summed E-state index contributed by atoms with van der Waals surface area (Å²) in [4.78, 5) is 9.86. The summed E-state index contributed by atoms with van der Waals surface area (Å²) < 4.78 is 0.